The van der Waals surface area contributed by atoms with Crippen molar-refractivity contribution < 1.29 is 4.79 Å². The molecular weight excluding hydrogens is 296 g/mol. The second kappa shape index (κ2) is 8.35. The van der Waals surface area contributed by atoms with E-state index < -0.39 is 0 Å². The fourth-order valence-corrected chi connectivity index (χ4v) is 2.96. The summed E-state index contributed by atoms with van der Waals surface area (Å²) in [6.07, 6.45) is 8.30. The van der Waals surface area contributed by atoms with Crippen molar-refractivity contribution in [1.29, 1.82) is 0 Å². The molecule has 22 heavy (non-hydrogen) atoms. The van der Waals surface area contributed by atoms with Gasteiger partial charge in [0.15, 0.2) is 0 Å². The molecule has 0 aromatic heterocycles. The highest BCUT2D eigenvalue weighted by Crippen LogP contribution is 2.23. The third-order valence-corrected chi connectivity index (χ3v) is 4.38. The maximum absolute atomic E-state index is 12.6. The lowest BCUT2D eigenvalue weighted by Gasteiger charge is -2.29. The summed E-state index contributed by atoms with van der Waals surface area (Å²) in [6, 6.07) is 7.93. The van der Waals surface area contributed by atoms with E-state index in [9.17, 15) is 4.79 Å². The fraction of sp³-hybridized carbons (Fsp3) is 0.500. The normalized spacial score (nSPS) is 15.8. The lowest BCUT2D eigenvalue weighted by Crippen LogP contribution is -2.41. The highest BCUT2D eigenvalue weighted by atomic mass is 35.5. The second-order valence-electron chi connectivity index (χ2n) is 6.16. The van der Waals surface area contributed by atoms with Crippen LogP contribution >= 0.6 is 11.6 Å². The molecule has 4 heteroatoms. The summed E-state index contributed by atoms with van der Waals surface area (Å²) >= 11 is 5.88. The van der Waals surface area contributed by atoms with Crippen molar-refractivity contribution in [3.63, 3.8) is 0 Å². The average molecular weight is 321 g/mol. The van der Waals surface area contributed by atoms with Gasteiger partial charge >= 0.3 is 0 Å². The number of nitrogens with zero attached hydrogens (tertiary/aromatic N) is 2. The van der Waals surface area contributed by atoms with E-state index in [4.69, 9.17) is 11.6 Å². The Hall–Kier alpha value is -1.32. The first kappa shape index (κ1) is 17.0. The molecule has 3 nitrogen and oxygen atoms in total. The summed E-state index contributed by atoms with van der Waals surface area (Å²) in [7, 11) is 4.09. The van der Waals surface area contributed by atoms with Gasteiger partial charge in [-0.1, -0.05) is 36.6 Å². The standard InChI is InChI=1S/C18H25ClN2O/c1-20(2)13-14-21(17-5-3-4-6-17)18(22)12-9-15-7-10-16(19)11-8-15/h7-12,17H,3-6,13-14H2,1-2H3. The number of carbonyl (C=O) groups is 1. The minimum atomic E-state index is 0.115. The van der Waals surface area contributed by atoms with Crippen molar-refractivity contribution in [2.75, 3.05) is 27.2 Å². The minimum Gasteiger partial charge on any atom is -0.335 e. The molecule has 1 saturated carbocycles. The molecule has 1 aromatic carbocycles. The Morgan fingerprint density at radius 2 is 1.82 bits per heavy atom. The summed E-state index contributed by atoms with van der Waals surface area (Å²) in [5.41, 5.74) is 0.997. The lowest BCUT2D eigenvalue weighted by atomic mass is 10.1. The monoisotopic (exact) mass is 320 g/mol. The zero-order valence-electron chi connectivity index (χ0n) is 13.5. The molecule has 1 amide bonds. The van der Waals surface area contributed by atoms with Crippen molar-refractivity contribution in [3.05, 3.63) is 40.9 Å². The molecular formula is C18H25ClN2O. The summed E-state index contributed by atoms with van der Waals surface area (Å²) in [4.78, 5) is 16.7. The predicted molar refractivity (Wildman–Crippen MR) is 93.0 cm³/mol. The highest BCUT2D eigenvalue weighted by molar-refractivity contribution is 6.30. The quantitative estimate of drug-likeness (QED) is 0.746. The third-order valence-electron chi connectivity index (χ3n) is 4.13. The summed E-state index contributed by atoms with van der Waals surface area (Å²) in [6.45, 7) is 1.69. The van der Waals surface area contributed by atoms with Gasteiger partial charge in [0, 0.05) is 30.2 Å². The van der Waals surface area contributed by atoms with Gasteiger partial charge in [-0.15, -0.1) is 0 Å². The van der Waals surface area contributed by atoms with Crippen LogP contribution < -0.4 is 0 Å². The van der Waals surface area contributed by atoms with Gasteiger partial charge < -0.3 is 9.80 Å². The lowest BCUT2D eigenvalue weighted by molar-refractivity contribution is -0.128. The van der Waals surface area contributed by atoms with E-state index in [1.807, 2.05) is 49.3 Å². The molecule has 0 aliphatic heterocycles. The van der Waals surface area contributed by atoms with Crippen molar-refractivity contribution in [3.8, 4) is 0 Å². The number of carbonyl (C=O) groups excluding carboxylic acids is 1. The number of hydrogen-bond acceptors (Lipinski definition) is 2. The topological polar surface area (TPSA) is 23.6 Å². The highest BCUT2D eigenvalue weighted by Gasteiger charge is 2.25. The van der Waals surface area contributed by atoms with Crippen molar-refractivity contribution in [2.45, 2.75) is 31.7 Å². The number of rotatable bonds is 6. The van der Waals surface area contributed by atoms with Crippen LogP contribution in [-0.4, -0.2) is 48.9 Å². The number of halogens is 1. The summed E-state index contributed by atoms with van der Waals surface area (Å²) in [5, 5.41) is 0.710. The van der Waals surface area contributed by atoms with Gasteiger partial charge in [0.2, 0.25) is 5.91 Å². The maximum atomic E-state index is 12.6. The van der Waals surface area contributed by atoms with Crippen LogP contribution in [0.1, 0.15) is 31.2 Å². The first-order valence-corrected chi connectivity index (χ1v) is 8.33. The molecule has 0 radical (unpaired) electrons. The van der Waals surface area contributed by atoms with Crippen LogP contribution in [-0.2, 0) is 4.79 Å². The SMILES string of the molecule is CN(C)CCN(C(=O)C=Cc1ccc(Cl)cc1)C1CCCC1. The largest absolute Gasteiger partial charge is 0.335 e. The van der Waals surface area contributed by atoms with E-state index in [0.29, 0.717) is 11.1 Å². The van der Waals surface area contributed by atoms with Gasteiger partial charge in [-0.05, 0) is 50.7 Å². The minimum absolute atomic E-state index is 0.115. The van der Waals surface area contributed by atoms with E-state index >= 15 is 0 Å². The molecule has 1 aromatic rings. The molecule has 0 spiro atoms. The molecule has 0 heterocycles. The molecule has 1 fully saturated rings. The van der Waals surface area contributed by atoms with E-state index in [-0.39, 0.29) is 5.91 Å². The van der Waals surface area contributed by atoms with Crippen LogP contribution in [0.2, 0.25) is 5.02 Å². The van der Waals surface area contributed by atoms with Gasteiger partial charge in [-0.3, -0.25) is 4.79 Å². The zero-order chi connectivity index (χ0) is 15.9. The molecule has 1 aliphatic rings. The van der Waals surface area contributed by atoms with Crippen LogP contribution in [0.5, 0.6) is 0 Å². The number of benzene rings is 1. The zero-order valence-corrected chi connectivity index (χ0v) is 14.2. The smallest absolute Gasteiger partial charge is 0.246 e. The first-order chi connectivity index (χ1) is 10.6. The van der Waals surface area contributed by atoms with E-state index in [1.165, 1.54) is 12.8 Å². The Morgan fingerprint density at radius 3 is 2.41 bits per heavy atom. The Bertz CT molecular complexity index is 504. The van der Waals surface area contributed by atoms with Crippen LogP contribution in [0.25, 0.3) is 6.08 Å². The molecule has 0 N–H and O–H groups in total. The molecule has 0 atom stereocenters. The third kappa shape index (κ3) is 5.15. The molecule has 120 valence electrons. The Labute approximate surface area is 138 Å². The van der Waals surface area contributed by atoms with Crippen LogP contribution in [0, 0.1) is 0 Å². The average Bonchev–Trinajstić information content (AvgIpc) is 3.00. The number of amides is 1. The first-order valence-electron chi connectivity index (χ1n) is 7.95. The molecule has 0 bridgehead atoms. The summed E-state index contributed by atoms with van der Waals surface area (Å²) in [5.74, 6) is 0.115. The summed E-state index contributed by atoms with van der Waals surface area (Å²) < 4.78 is 0. The van der Waals surface area contributed by atoms with Crippen molar-refractivity contribution >= 4 is 23.6 Å². The molecule has 2 rings (SSSR count). The van der Waals surface area contributed by atoms with Crippen molar-refractivity contribution in [1.82, 2.24) is 9.80 Å². The van der Waals surface area contributed by atoms with Gasteiger partial charge in [0.1, 0.15) is 0 Å². The van der Waals surface area contributed by atoms with E-state index in [2.05, 4.69) is 4.90 Å². The molecule has 0 unspecified atom stereocenters. The van der Waals surface area contributed by atoms with Crippen LogP contribution in [0.3, 0.4) is 0 Å². The van der Waals surface area contributed by atoms with E-state index in [0.717, 1.165) is 31.5 Å². The molecule has 0 saturated heterocycles. The second-order valence-corrected chi connectivity index (χ2v) is 6.59. The van der Waals surface area contributed by atoms with E-state index in [1.54, 1.807) is 6.08 Å². The van der Waals surface area contributed by atoms with Gasteiger partial charge in [-0.25, -0.2) is 0 Å². The van der Waals surface area contributed by atoms with Gasteiger partial charge in [0.05, 0.1) is 0 Å². The van der Waals surface area contributed by atoms with Crippen LogP contribution in [0.4, 0.5) is 0 Å². The van der Waals surface area contributed by atoms with Gasteiger partial charge in [0.25, 0.3) is 0 Å². The van der Waals surface area contributed by atoms with Crippen molar-refractivity contribution in [2.24, 2.45) is 0 Å². The Kier molecular flexibility index (Phi) is 6.47. The fourth-order valence-electron chi connectivity index (χ4n) is 2.83. The molecule has 1 aliphatic carbocycles. The predicted octanol–water partition coefficient (Wildman–Crippen LogP) is 3.69. The Morgan fingerprint density at radius 1 is 1.18 bits per heavy atom. The number of likely N-dealkylation sites (N-methyl/N-ethyl adjacent to an activating group) is 1. The van der Waals surface area contributed by atoms with Crippen LogP contribution in [0.15, 0.2) is 30.3 Å². The maximum Gasteiger partial charge on any atom is 0.246 e. The Balaban J connectivity index is 2.02. The van der Waals surface area contributed by atoms with Gasteiger partial charge in [-0.2, -0.15) is 0 Å². The number of hydrogen-bond donors (Lipinski definition) is 0.